The summed E-state index contributed by atoms with van der Waals surface area (Å²) in [6.45, 7) is 10.8. The van der Waals surface area contributed by atoms with E-state index in [-0.39, 0.29) is 98.2 Å². The van der Waals surface area contributed by atoms with Gasteiger partial charge in [0.1, 0.15) is 0 Å². The molecule has 0 unspecified atom stereocenters. The second kappa shape index (κ2) is 11.2. The smallest absolute Gasteiger partial charge is 0 e. The fourth-order valence-electron chi connectivity index (χ4n) is 1.83. The monoisotopic (exact) mass is 441 g/mol. The maximum absolute atomic E-state index is 4.15. The van der Waals surface area contributed by atoms with Crippen molar-refractivity contribution in [2.45, 2.75) is 26.2 Å². The fraction of sp³-hybridized carbons (Fsp3) is 0.308. The van der Waals surface area contributed by atoms with Crippen LogP contribution in [-0.4, -0.2) is 4.40 Å². The Bertz CT molecular complexity index is 473. The Morgan fingerprint density at radius 1 is 0.947 bits per heavy atom. The third kappa shape index (κ3) is 6.45. The predicted octanol–water partition coefficient (Wildman–Crippen LogP) is 3.41. The first-order valence-electron chi connectivity index (χ1n) is 4.92. The molecule has 5 radical (unpaired) electrons. The number of nitrogens with zero attached hydrogens (tertiary/aromatic N) is 1. The van der Waals surface area contributed by atoms with Crippen LogP contribution >= 0.6 is 0 Å². The van der Waals surface area contributed by atoms with Crippen LogP contribution in [0.25, 0.3) is 5.52 Å². The molecule has 0 aromatic carbocycles. The molecule has 0 N–H and O–H groups in total. The van der Waals surface area contributed by atoms with E-state index in [1.807, 2.05) is 6.07 Å². The molecule has 0 aliphatic heterocycles. The maximum atomic E-state index is 4.15. The van der Waals surface area contributed by atoms with Crippen LogP contribution in [0.4, 0.5) is 0 Å². The van der Waals surface area contributed by atoms with E-state index >= 15 is 0 Å². The van der Waals surface area contributed by atoms with E-state index in [9.17, 15) is 0 Å². The van der Waals surface area contributed by atoms with Crippen LogP contribution in [0.3, 0.4) is 0 Å². The first kappa shape index (κ1) is 28.7. The number of fused-ring (bicyclic) bond motifs is 1. The fourth-order valence-corrected chi connectivity index (χ4v) is 1.83. The van der Waals surface area contributed by atoms with Crippen LogP contribution in [0.2, 0.25) is 0 Å². The van der Waals surface area contributed by atoms with Crippen molar-refractivity contribution in [3.05, 3.63) is 48.6 Å². The number of hydrogen-bond acceptors (Lipinski definition) is 0. The second-order valence-corrected chi connectivity index (χ2v) is 4.76. The van der Waals surface area contributed by atoms with Crippen molar-refractivity contribution >= 4 is 5.52 Å². The molecule has 0 saturated carbocycles. The zero-order chi connectivity index (χ0) is 10.3. The van der Waals surface area contributed by atoms with Crippen LogP contribution in [0, 0.1) is 6.92 Å². The van der Waals surface area contributed by atoms with Crippen LogP contribution in [-0.2, 0) is 98.2 Å². The van der Waals surface area contributed by atoms with E-state index in [1.54, 1.807) is 0 Å². The third-order valence-electron chi connectivity index (χ3n) is 2.60. The second-order valence-electron chi connectivity index (χ2n) is 4.76. The van der Waals surface area contributed by atoms with Gasteiger partial charge in [-0.15, -0.1) is 5.56 Å². The zero-order valence-corrected chi connectivity index (χ0v) is 18.3. The molecule has 0 atom stereocenters. The van der Waals surface area contributed by atoms with Crippen LogP contribution < -0.4 is 0 Å². The van der Waals surface area contributed by atoms with Gasteiger partial charge >= 0.3 is 0 Å². The van der Waals surface area contributed by atoms with Gasteiger partial charge in [0, 0.05) is 92.8 Å². The number of aromatic nitrogens is 1. The summed E-state index contributed by atoms with van der Waals surface area (Å²) < 4.78 is 2.14. The molecule has 1 nitrogen and oxygen atoms in total. The Morgan fingerprint density at radius 2 is 1.47 bits per heavy atom. The Hall–Kier alpha value is 1.55. The molecular weight excluding hydrogens is 425 g/mol. The minimum absolute atomic E-state index is 0. The van der Waals surface area contributed by atoms with Gasteiger partial charge in [-0.25, -0.2) is 0 Å². The normalized spacial score (nSPS) is 9.00. The molecule has 19 heavy (non-hydrogen) atoms. The molecule has 0 bridgehead atoms. The van der Waals surface area contributed by atoms with Crippen molar-refractivity contribution in [3.8, 4) is 0 Å². The van der Waals surface area contributed by atoms with Crippen molar-refractivity contribution in [3.63, 3.8) is 0 Å². The minimum Gasteiger partial charge on any atom is -0.387 e. The first-order valence-corrected chi connectivity index (χ1v) is 4.92. The third-order valence-corrected chi connectivity index (χ3v) is 2.60. The minimum atomic E-state index is 0. The standard InChI is InChI=1S/C13H16N.5V/c1-10-11(13(2,3)4)9-14-8-6-5-7-12(10)14;;;;;/h5-9H,1H2,2-4H3;;;;;/q-1;;;;;. The summed E-state index contributed by atoms with van der Waals surface area (Å²) in [6, 6.07) is 6.20. The molecule has 0 spiro atoms. The average Bonchev–Trinajstić information content (AvgIpc) is 2.44. The van der Waals surface area contributed by atoms with Gasteiger partial charge in [0.15, 0.2) is 0 Å². The van der Waals surface area contributed by atoms with E-state index < -0.39 is 0 Å². The molecule has 0 aliphatic rings. The van der Waals surface area contributed by atoms with E-state index in [2.05, 4.69) is 56.6 Å². The summed E-state index contributed by atoms with van der Waals surface area (Å²) in [6.07, 6.45) is 4.25. The Morgan fingerprint density at radius 3 is 1.89 bits per heavy atom. The summed E-state index contributed by atoms with van der Waals surface area (Å²) >= 11 is 0. The number of rotatable bonds is 0. The maximum Gasteiger partial charge on any atom is 0 e. The van der Waals surface area contributed by atoms with Crippen molar-refractivity contribution in [2.75, 3.05) is 0 Å². The number of pyridine rings is 1. The molecule has 99 valence electrons. The molecule has 0 aliphatic carbocycles. The molecule has 0 saturated heterocycles. The van der Waals surface area contributed by atoms with Gasteiger partial charge in [0.25, 0.3) is 0 Å². The van der Waals surface area contributed by atoms with E-state index in [4.69, 9.17) is 0 Å². The molecule has 0 fully saturated rings. The van der Waals surface area contributed by atoms with E-state index in [0.29, 0.717) is 0 Å². The van der Waals surface area contributed by atoms with Crippen LogP contribution in [0.5, 0.6) is 0 Å². The quantitative estimate of drug-likeness (QED) is 0.553. The average molecular weight is 441 g/mol. The molecule has 2 aromatic rings. The van der Waals surface area contributed by atoms with Crippen LogP contribution in [0.15, 0.2) is 30.6 Å². The summed E-state index contributed by atoms with van der Waals surface area (Å²) in [4.78, 5) is 0. The van der Waals surface area contributed by atoms with Crippen molar-refractivity contribution in [1.82, 2.24) is 4.40 Å². The molecule has 2 heterocycles. The van der Waals surface area contributed by atoms with Gasteiger partial charge in [-0.1, -0.05) is 50.0 Å². The summed E-state index contributed by atoms with van der Waals surface area (Å²) in [5.74, 6) is 0. The predicted molar refractivity (Wildman–Crippen MR) is 60.6 cm³/mol. The van der Waals surface area contributed by atoms with Crippen molar-refractivity contribution in [1.29, 1.82) is 0 Å². The largest absolute Gasteiger partial charge is 0.387 e. The van der Waals surface area contributed by atoms with E-state index in [0.717, 1.165) is 5.56 Å². The van der Waals surface area contributed by atoms with Gasteiger partial charge in [-0.05, 0) is 12.3 Å². The summed E-state index contributed by atoms with van der Waals surface area (Å²) in [7, 11) is 0. The summed E-state index contributed by atoms with van der Waals surface area (Å²) in [5, 5.41) is 0. The van der Waals surface area contributed by atoms with Gasteiger partial charge in [0.05, 0.1) is 0 Å². The van der Waals surface area contributed by atoms with Gasteiger partial charge in [-0.3, -0.25) is 0 Å². The van der Waals surface area contributed by atoms with E-state index in [1.165, 1.54) is 11.1 Å². The first-order chi connectivity index (χ1) is 6.50. The van der Waals surface area contributed by atoms with Gasteiger partial charge in [0.2, 0.25) is 0 Å². The molecular formula is C13H16NV5-. The molecule has 2 aromatic heterocycles. The van der Waals surface area contributed by atoms with Gasteiger partial charge < -0.3 is 4.40 Å². The number of hydrogen-bond donors (Lipinski definition) is 0. The van der Waals surface area contributed by atoms with Crippen LogP contribution in [0.1, 0.15) is 31.9 Å². The topological polar surface area (TPSA) is 4.41 Å². The zero-order valence-electron chi connectivity index (χ0n) is 11.3. The Balaban J connectivity index is -0.000000225. The Labute approximate surface area is 175 Å². The molecule has 0 amide bonds. The molecule has 6 heteroatoms. The Kier molecular flexibility index (Phi) is 16.8. The van der Waals surface area contributed by atoms with Crippen molar-refractivity contribution < 1.29 is 92.8 Å². The SMILES string of the molecule is [CH2-]c1c(C(C)(C)C)cn2ccccc12.[V].[V].[V].[V].[V]. The van der Waals surface area contributed by atoms with Gasteiger partial charge in [-0.2, -0.15) is 12.5 Å². The molecule has 2 rings (SSSR count). The summed E-state index contributed by atoms with van der Waals surface area (Å²) in [5.41, 5.74) is 3.85. The van der Waals surface area contributed by atoms with Crippen molar-refractivity contribution in [2.24, 2.45) is 0 Å².